The lowest BCUT2D eigenvalue weighted by Gasteiger charge is -2.18. The number of alkyl halides is 2. The Balaban J connectivity index is 1.51. The molecular weight excluding hydrogens is 416 g/mol. The third kappa shape index (κ3) is 5.00. The van der Waals surface area contributed by atoms with Gasteiger partial charge < -0.3 is 26.1 Å². The standard InChI is InChI=1S/C23H21F2N5O2/c24-23(25)32-20-4-2-1-3-15(20)12-27-19-10-21(28-13-16(19)11-26)29-17-6-7-18-14(9-17)5-8-22(31)30-18/h1-4,6-7,9-11,13,23,26H,5,8,12H2,(H,30,31)(H2,27,28,29). The van der Waals surface area contributed by atoms with Crippen LogP contribution in [0.15, 0.2) is 54.7 Å². The number of halogens is 2. The lowest BCUT2D eigenvalue weighted by Crippen LogP contribution is -2.18. The van der Waals surface area contributed by atoms with Crippen molar-refractivity contribution in [1.82, 2.24) is 4.98 Å². The number of rotatable bonds is 8. The molecule has 4 N–H and O–H groups in total. The Hall–Kier alpha value is -4.01. The second-order valence-corrected chi connectivity index (χ2v) is 7.19. The minimum Gasteiger partial charge on any atom is -0.434 e. The number of pyridine rings is 1. The highest BCUT2D eigenvalue weighted by Gasteiger charge is 2.15. The maximum absolute atomic E-state index is 12.7. The van der Waals surface area contributed by atoms with E-state index in [0.717, 1.165) is 16.9 Å². The Morgan fingerprint density at radius 3 is 2.84 bits per heavy atom. The number of anilines is 4. The molecule has 0 saturated heterocycles. The molecule has 0 saturated carbocycles. The second-order valence-electron chi connectivity index (χ2n) is 7.19. The summed E-state index contributed by atoms with van der Waals surface area (Å²) in [5.41, 5.74) is 4.40. The number of benzene rings is 2. The molecule has 4 rings (SSSR count). The number of aryl methyl sites for hydroxylation is 1. The van der Waals surface area contributed by atoms with Crippen LogP contribution < -0.4 is 20.7 Å². The molecule has 1 amide bonds. The number of aromatic nitrogens is 1. The number of nitrogens with one attached hydrogen (secondary N) is 4. The minimum absolute atomic E-state index is 0.0124. The van der Waals surface area contributed by atoms with Crippen molar-refractivity contribution in [2.45, 2.75) is 26.0 Å². The highest BCUT2D eigenvalue weighted by atomic mass is 19.3. The lowest BCUT2D eigenvalue weighted by atomic mass is 10.0. The second kappa shape index (κ2) is 9.42. The Labute approximate surface area is 183 Å². The van der Waals surface area contributed by atoms with Gasteiger partial charge in [-0.2, -0.15) is 8.78 Å². The summed E-state index contributed by atoms with van der Waals surface area (Å²) in [5.74, 6) is 0.660. The van der Waals surface area contributed by atoms with E-state index in [1.54, 1.807) is 30.5 Å². The van der Waals surface area contributed by atoms with Crippen molar-refractivity contribution < 1.29 is 18.3 Å². The van der Waals surface area contributed by atoms with Crippen molar-refractivity contribution in [1.29, 1.82) is 5.41 Å². The van der Waals surface area contributed by atoms with E-state index >= 15 is 0 Å². The van der Waals surface area contributed by atoms with E-state index in [9.17, 15) is 13.6 Å². The van der Waals surface area contributed by atoms with E-state index in [1.165, 1.54) is 12.3 Å². The number of fused-ring (bicyclic) bond motifs is 1. The minimum atomic E-state index is -2.91. The smallest absolute Gasteiger partial charge is 0.387 e. The van der Waals surface area contributed by atoms with E-state index in [1.807, 2.05) is 18.2 Å². The largest absolute Gasteiger partial charge is 0.434 e. The first-order chi connectivity index (χ1) is 15.5. The molecule has 2 heterocycles. The van der Waals surface area contributed by atoms with Crippen molar-refractivity contribution in [3.63, 3.8) is 0 Å². The fourth-order valence-electron chi connectivity index (χ4n) is 3.46. The first-order valence-electron chi connectivity index (χ1n) is 9.99. The van der Waals surface area contributed by atoms with E-state index in [-0.39, 0.29) is 18.2 Å². The quantitative estimate of drug-likeness (QED) is 0.375. The molecule has 0 aliphatic carbocycles. The van der Waals surface area contributed by atoms with E-state index in [2.05, 4.69) is 25.7 Å². The van der Waals surface area contributed by atoms with Crippen molar-refractivity contribution >= 4 is 35.0 Å². The maximum atomic E-state index is 12.7. The normalized spacial score (nSPS) is 12.7. The number of carbonyl (C=O) groups excluding carboxylic acids is 1. The van der Waals surface area contributed by atoms with Crippen LogP contribution >= 0.6 is 0 Å². The van der Waals surface area contributed by atoms with Gasteiger partial charge in [-0.3, -0.25) is 4.79 Å². The molecule has 1 aromatic heterocycles. The average molecular weight is 437 g/mol. The summed E-state index contributed by atoms with van der Waals surface area (Å²) >= 11 is 0. The van der Waals surface area contributed by atoms with Gasteiger partial charge in [-0.05, 0) is 36.2 Å². The first-order valence-corrected chi connectivity index (χ1v) is 9.99. The van der Waals surface area contributed by atoms with Gasteiger partial charge in [0.1, 0.15) is 11.6 Å². The van der Waals surface area contributed by atoms with Gasteiger partial charge in [0.05, 0.1) is 0 Å². The molecule has 2 aromatic carbocycles. The van der Waals surface area contributed by atoms with Crippen LogP contribution in [0.2, 0.25) is 0 Å². The monoisotopic (exact) mass is 437 g/mol. The number of nitrogens with zero attached hydrogens (tertiary/aromatic N) is 1. The van der Waals surface area contributed by atoms with Crippen LogP contribution in [0, 0.1) is 5.41 Å². The summed E-state index contributed by atoms with van der Waals surface area (Å²) in [6.07, 6.45) is 3.84. The molecule has 9 heteroatoms. The highest BCUT2D eigenvalue weighted by molar-refractivity contribution is 5.94. The van der Waals surface area contributed by atoms with Crippen molar-refractivity contribution in [3.8, 4) is 5.75 Å². The number of ether oxygens (including phenoxy) is 1. The molecule has 1 aliphatic heterocycles. The third-order valence-electron chi connectivity index (χ3n) is 5.02. The molecule has 7 nitrogen and oxygen atoms in total. The van der Waals surface area contributed by atoms with Gasteiger partial charge in [-0.15, -0.1) is 0 Å². The molecule has 0 bridgehead atoms. The average Bonchev–Trinajstić information content (AvgIpc) is 2.78. The predicted octanol–water partition coefficient (Wildman–Crippen LogP) is 4.92. The van der Waals surface area contributed by atoms with Gasteiger partial charge in [0.25, 0.3) is 0 Å². The van der Waals surface area contributed by atoms with Gasteiger partial charge in [0.2, 0.25) is 5.91 Å². The summed E-state index contributed by atoms with van der Waals surface area (Å²) in [6.45, 7) is -2.68. The van der Waals surface area contributed by atoms with Gasteiger partial charge in [0.15, 0.2) is 0 Å². The lowest BCUT2D eigenvalue weighted by molar-refractivity contribution is -0.116. The van der Waals surface area contributed by atoms with Crippen LogP contribution in [0.3, 0.4) is 0 Å². The van der Waals surface area contributed by atoms with Crippen molar-refractivity contribution in [2.75, 3.05) is 16.0 Å². The Bertz CT molecular complexity index is 1150. The number of hydrogen-bond acceptors (Lipinski definition) is 6. The van der Waals surface area contributed by atoms with Gasteiger partial charge in [-0.25, -0.2) is 4.98 Å². The van der Waals surface area contributed by atoms with Gasteiger partial charge in [0, 0.05) is 59.6 Å². The zero-order valence-corrected chi connectivity index (χ0v) is 17.0. The SMILES string of the molecule is N=Cc1cnc(Nc2ccc3c(c2)CCC(=O)N3)cc1NCc1ccccc1OC(F)F. The van der Waals surface area contributed by atoms with Crippen molar-refractivity contribution in [3.05, 3.63) is 71.4 Å². The number of hydrogen-bond donors (Lipinski definition) is 4. The van der Waals surface area contributed by atoms with Crippen LogP contribution in [0.4, 0.5) is 31.7 Å². The summed E-state index contributed by atoms with van der Waals surface area (Å²) < 4.78 is 29.9. The zero-order valence-electron chi connectivity index (χ0n) is 17.0. The van der Waals surface area contributed by atoms with Crippen LogP contribution in [-0.2, 0) is 17.8 Å². The molecule has 1 aliphatic rings. The van der Waals surface area contributed by atoms with Gasteiger partial charge >= 0.3 is 6.61 Å². The third-order valence-corrected chi connectivity index (χ3v) is 5.02. The topological polar surface area (TPSA) is 99.1 Å². The Morgan fingerprint density at radius 2 is 2.03 bits per heavy atom. The Kier molecular flexibility index (Phi) is 6.25. The maximum Gasteiger partial charge on any atom is 0.387 e. The van der Waals surface area contributed by atoms with Gasteiger partial charge in [-0.1, -0.05) is 18.2 Å². The van der Waals surface area contributed by atoms with E-state index in [0.29, 0.717) is 35.5 Å². The summed E-state index contributed by atoms with van der Waals surface area (Å²) in [4.78, 5) is 15.9. The molecule has 0 unspecified atom stereocenters. The number of carbonyl (C=O) groups is 1. The molecule has 164 valence electrons. The summed E-state index contributed by atoms with van der Waals surface area (Å²) in [7, 11) is 0. The predicted molar refractivity (Wildman–Crippen MR) is 119 cm³/mol. The fraction of sp³-hybridized carbons (Fsp3) is 0.174. The fourth-order valence-corrected chi connectivity index (χ4v) is 3.46. The Morgan fingerprint density at radius 1 is 1.19 bits per heavy atom. The van der Waals surface area contributed by atoms with E-state index in [4.69, 9.17) is 5.41 Å². The highest BCUT2D eigenvalue weighted by Crippen LogP contribution is 2.28. The number of amides is 1. The molecule has 0 atom stereocenters. The van der Waals surface area contributed by atoms with Crippen LogP contribution in [-0.4, -0.2) is 23.7 Å². The molecule has 32 heavy (non-hydrogen) atoms. The van der Waals surface area contributed by atoms with E-state index < -0.39 is 6.61 Å². The van der Waals surface area contributed by atoms with Crippen molar-refractivity contribution in [2.24, 2.45) is 0 Å². The van der Waals surface area contributed by atoms with Crippen LogP contribution in [0.5, 0.6) is 5.75 Å². The van der Waals surface area contributed by atoms with Crippen LogP contribution in [0.1, 0.15) is 23.1 Å². The molecule has 0 fully saturated rings. The molecular formula is C23H21F2N5O2. The molecule has 3 aromatic rings. The summed E-state index contributed by atoms with van der Waals surface area (Å²) in [5, 5.41) is 16.9. The summed E-state index contributed by atoms with van der Waals surface area (Å²) in [6, 6.07) is 14.0. The molecule has 0 spiro atoms. The van der Waals surface area contributed by atoms with Crippen LogP contribution in [0.25, 0.3) is 0 Å². The molecule has 0 radical (unpaired) electrons. The number of para-hydroxylation sites is 1. The first kappa shape index (κ1) is 21.2. The zero-order chi connectivity index (χ0) is 22.5.